The number of rotatable bonds is 9. The van der Waals surface area contributed by atoms with Crippen LogP contribution in [0, 0.1) is 0 Å². The maximum atomic E-state index is 11.4. The number of hydrogen-bond acceptors (Lipinski definition) is 3. The molecule has 4 heteroatoms. The molecule has 0 heterocycles. The quantitative estimate of drug-likeness (QED) is 0.762. The van der Waals surface area contributed by atoms with Gasteiger partial charge in [-0.3, -0.25) is 0 Å². The Kier molecular flexibility index (Phi) is 6.88. The van der Waals surface area contributed by atoms with Crippen molar-refractivity contribution in [3.8, 4) is 0 Å². The summed E-state index contributed by atoms with van der Waals surface area (Å²) in [6.45, 7) is 7.36. The fraction of sp³-hybridized carbons (Fsp3) is 0.647. The first-order valence-corrected chi connectivity index (χ1v) is 9.82. The van der Waals surface area contributed by atoms with Gasteiger partial charge in [-0.25, -0.2) is 8.42 Å². The van der Waals surface area contributed by atoms with Crippen LogP contribution in [0.1, 0.15) is 45.6 Å². The zero-order valence-corrected chi connectivity index (χ0v) is 14.5. The van der Waals surface area contributed by atoms with E-state index < -0.39 is 9.84 Å². The van der Waals surface area contributed by atoms with Crippen molar-refractivity contribution < 1.29 is 8.42 Å². The van der Waals surface area contributed by atoms with E-state index in [2.05, 4.69) is 50.4 Å². The van der Waals surface area contributed by atoms with Crippen LogP contribution >= 0.6 is 0 Å². The van der Waals surface area contributed by atoms with E-state index in [0.29, 0.717) is 12.5 Å². The van der Waals surface area contributed by atoms with Crippen LogP contribution in [0.25, 0.3) is 0 Å². The van der Waals surface area contributed by atoms with Crippen molar-refractivity contribution in [2.75, 3.05) is 18.6 Å². The van der Waals surface area contributed by atoms with Gasteiger partial charge in [0, 0.05) is 30.0 Å². The van der Waals surface area contributed by atoms with Crippen LogP contribution in [0.3, 0.4) is 0 Å². The smallest absolute Gasteiger partial charge is 0.147 e. The van der Waals surface area contributed by atoms with Crippen molar-refractivity contribution in [3.05, 3.63) is 35.9 Å². The minimum atomic E-state index is -2.89. The van der Waals surface area contributed by atoms with Crippen molar-refractivity contribution in [1.29, 1.82) is 0 Å². The van der Waals surface area contributed by atoms with Crippen LogP contribution in [-0.2, 0) is 15.3 Å². The first-order chi connectivity index (χ1) is 9.79. The third-order valence-electron chi connectivity index (χ3n) is 4.08. The van der Waals surface area contributed by atoms with E-state index in [0.717, 1.165) is 19.4 Å². The molecule has 0 radical (unpaired) electrons. The lowest BCUT2D eigenvalue weighted by Gasteiger charge is -2.35. The van der Waals surface area contributed by atoms with E-state index in [9.17, 15) is 8.42 Å². The van der Waals surface area contributed by atoms with Gasteiger partial charge in [0.15, 0.2) is 0 Å². The van der Waals surface area contributed by atoms with Crippen LogP contribution in [0.15, 0.2) is 30.3 Å². The van der Waals surface area contributed by atoms with E-state index in [1.54, 1.807) is 0 Å². The minimum Gasteiger partial charge on any atom is -0.314 e. The highest BCUT2D eigenvalue weighted by Crippen LogP contribution is 2.32. The summed E-state index contributed by atoms with van der Waals surface area (Å²) >= 11 is 0. The van der Waals surface area contributed by atoms with Gasteiger partial charge in [-0.1, -0.05) is 51.1 Å². The van der Waals surface area contributed by atoms with Crippen molar-refractivity contribution in [2.24, 2.45) is 0 Å². The summed E-state index contributed by atoms with van der Waals surface area (Å²) < 4.78 is 22.8. The summed E-state index contributed by atoms with van der Waals surface area (Å²) in [4.78, 5) is 0. The summed E-state index contributed by atoms with van der Waals surface area (Å²) in [5.74, 6) is 0.267. The predicted octanol–water partition coefficient (Wildman–Crippen LogP) is 3.16. The Balaban J connectivity index is 2.91. The molecular formula is C17H29NO2S. The van der Waals surface area contributed by atoms with Crippen molar-refractivity contribution in [1.82, 2.24) is 5.32 Å². The Morgan fingerprint density at radius 3 is 2.29 bits per heavy atom. The van der Waals surface area contributed by atoms with Crippen LogP contribution < -0.4 is 5.32 Å². The van der Waals surface area contributed by atoms with Gasteiger partial charge >= 0.3 is 0 Å². The highest BCUT2D eigenvalue weighted by Gasteiger charge is 2.30. The average molecular weight is 311 g/mol. The molecule has 0 spiro atoms. The topological polar surface area (TPSA) is 46.2 Å². The number of sulfone groups is 1. The molecule has 0 amide bonds. The summed E-state index contributed by atoms with van der Waals surface area (Å²) in [5.41, 5.74) is 1.31. The Hall–Kier alpha value is -0.870. The first kappa shape index (κ1) is 18.2. The second kappa shape index (κ2) is 7.95. The molecule has 1 rings (SSSR count). The predicted molar refractivity (Wildman–Crippen MR) is 90.5 cm³/mol. The first-order valence-electron chi connectivity index (χ1n) is 7.76. The maximum Gasteiger partial charge on any atom is 0.147 e. The minimum absolute atomic E-state index is 0.0101. The molecule has 1 N–H and O–H groups in total. The van der Waals surface area contributed by atoms with Crippen LogP contribution in [0.5, 0.6) is 0 Å². The normalized spacial score (nSPS) is 15.1. The lowest BCUT2D eigenvalue weighted by atomic mass is 9.74. The highest BCUT2D eigenvalue weighted by molar-refractivity contribution is 7.90. The van der Waals surface area contributed by atoms with E-state index in [-0.39, 0.29) is 11.2 Å². The number of hydrogen-bond donors (Lipinski definition) is 1. The zero-order valence-electron chi connectivity index (χ0n) is 13.7. The lowest BCUT2D eigenvalue weighted by Crippen LogP contribution is -2.40. The molecule has 0 aromatic heterocycles. The second-order valence-electron chi connectivity index (χ2n) is 6.27. The van der Waals surface area contributed by atoms with Gasteiger partial charge < -0.3 is 5.32 Å². The van der Waals surface area contributed by atoms with Crippen LogP contribution in [0.2, 0.25) is 0 Å². The van der Waals surface area contributed by atoms with E-state index in [1.807, 2.05) is 6.07 Å². The Labute approximate surface area is 130 Å². The van der Waals surface area contributed by atoms with E-state index in [4.69, 9.17) is 0 Å². The van der Waals surface area contributed by atoms with Gasteiger partial charge in [0.05, 0.1) is 0 Å². The third kappa shape index (κ3) is 6.18. The van der Waals surface area contributed by atoms with Crippen molar-refractivity contribution in [3.63, 3.8) is 0 Å². The monoisotopic (exact) mass is 311 g/mol. The van der Waals surface area contributed by atoms with E-state index in [1.165, 1.54) is 11.8 Å². The zero-order chi connectivity index (χ0) is 15.9. The average Bonchev–Trinajstić information content (AvgIpc) is 2.42. The summed E-state index contributed by atoms with van der Waals surface area (Å²) in [6, 6.07) is 10.9. The fourth-order valence-corrected chi connectivity index (χ4v) is 3.37. The molecule has 0 saturated carbocycles. The van der Waals surface area contributed by atoms with Gasteiger partial charge in [-0.05, 0) is 24.8 Å². The van der Waals surface area contributed by atoms with Crippen LogP contribution in [0.4, 0.5) is 0 Å². The van der Waals surface area contributed by atoms with Gasteiger partial charge in [-0.15, -0.1) is 0 Å². The molecule has 1 aromatic rings. The van der Waals surface area contributed by atoms with Gasteiger partial charge in [0.2, 0.25) is 0 Å². The highest BCUT2D eigenvalue weighted by atomic mass is 32.2. The Morgan fingerprint density at radius 2 is 1.81 bits per heavy atom. The third-order valence-corrected chi connectivity index (χ3v) is 5.11. The summed E-state index contributed by atoms with van der Waals surface area (Å²) in [5, 5.41) is 3.53. The molecular weight excluding hydrogens is 282 g/mol. The summed E-state index contributed by atoms with van der Waals surface area (Å²) in [6.07, 6.45) is 3.91. The molecule has 0 aliphatic carbocycles. The van der Waals surface area contributed by atoms with Gasteiger partial charge in [-0.2, -0.15) is 0 Å². The van der Waals surface area contributed by atoms with Crippen LogP contribution in [-0.4, -0.2) is 33.0 Å². The second-order valence-corrected chi connectivity index (χ2v) is 8.53. The Bertz CT molecular complexity index is 511. The molecule has 1 unspecified atom stereocenters. The molecule has 0 aliphatic rings. The molecule has 1 aromatic carbocycles. The fourth-order valence-electron chi connectivity index (χ4n) is 2.70. The largest absolute Gasteiger partial charge is 0.314 e. The SMILES string of the molecule is CCC(CCCS(C)(=O)=O)(CNC(C)C)c1ccccc1. The molecule has 3 nitrogen and oxygen atoms in total. The maximum absolute atomic E-state index is 11.4. The van der Waals surface area contributed by atoms with Gasteiger partial charge in [0.1, 0.15) is 9.84 Å². The molecule has 1 atom stereocenters. The summed E-state index contributed by atoms with van der Waals surface area (Å²) in [7, 11) is -2.89. The lowest BCUT2D eigenvalue weighted by molar-refractivity contribution is 0.339. The van der Waals surface area contributed by atoms with Crippen molar-refractivity contribution >= 4 is 9.84 Å². The molecule has 0 aliphatic heterocycles. The standard InChI is InChI=1S/C17H29NO2S/c1-5-17(14-18-15(2)3,12-9-13-21(4,19)20)16-10-7-6-8-11-16/h6-8,10-11,15,18H,5,9,12-14H2,1-4H3. The molecule has 0 bridgehead atoms. The molecule has 0 fully saturated rings. The number of nitrogens with one attached hydrogen (secondary N) is 1. The van der Waals surface area contributed by atoms with E-state index >= 15 is 0 Å². The molecule has 120 valence electrons. The molecule has 21 heavy (non-hydrogen) atoms. The number of benzene rings is 1. The van der Waals surface area contributed by atoms with Crippen molar-refractivity contribution in [2.45, 2.75) is 51.5 Å². The van der Waals surface area contributed by atoms with Gasteiger partial charge in [0.25, 0.3) is 0 Å². The Morgan fingerprint density at radius 1 is 1.19 bits per heavy atom. The molecule has 0 saturated heterocycles.